The highest BCUT2D eigenvalue weighted by molar-refractivity contribution is 14.0. The first-order valence-corrected chi connectivity index (χ1v) is 10.6. The molecular formula is C22H35IN4O2. The lowest BCUT2D eigenvalue weighted by Crippen LogP contribution is -2.41. The smallest absolute Gasteiger partial charge is 0.251 e. The molecule has 2 fully saturated rings. The zero-order valence-corrected chi connectivity index (χ0v) is 20.2. The second kappa shape index (κ2) is 11.2. The van der Waals surface area contributed by atoms with Gasteiger partial charge in [0.1, 0.15) is 0 Å². The number of ether oxygens (including phenoxy) is 1. The van der Waals surface area contributed by atoms with E-state index in [1.54, 1.807) is 0 Å². The Hall–Kier alpha value is -1.35. The molecule has 2 N–H and O–H groups in total. The van der Waals surface area contributed by atoms with E-state index < -0.39 is 0 Å². The molecule has 0 radical (unpaired) electrons. The van der Waals surface area contributed by atoms with Crippen LogP contribution in [0.2, 0.25) is 0 Å². The van der Waals surface area contributed by atoms with E-state index in [0.29, 0.717) is 17.5 Å². The van der Waals surface area contributed by atoms with Crippen LogP contribution in [0.1, 0.15) is 56.0 Å². The molecule has 1 amide bonds. The Labute approximate surface area is 191 Å². The van der Waals surface area contributed by atoms with Crippen LogP contribution in [0.4, 0.5) is 0 Å². The molecule has 7 heteroatoms. The standard InChI is InChI=1S/C22H34N4O2.HI/c1-4-17(3)25-20(27)19-8-6-18(7-9-19)14-24-21(23-5-2)26-12-10-22(15-26)11-13-28-16-22;/h6-9,17H,4-5,10-16H2,1-3H3,(H,23,24)(H,25,27);1H. The van der Waals surface area contributed by atoms with Gasteiger partial charge in [-0.1, -0.05) is 19.1 Å². The minimum absolute atomic E-state index is 0. The van der Waals surface area contributed by atoms with Crippen molar-refractivity contribution in [1.82, 2.24) is 15.5 Å². The van der Waals surface area contributed by atoms with E-state index in [-0.39, 0.29) is 35.9 Å². The van der Waals surface area contributed by atoms with Gasteiger partial charge in [-0.05, 0) is 50.8 Å². The van der Waals surface area contributed by atoms with Gasteiger partial charge in [0.2, 0.25) is 0 Å². The van der Waals surface area contributed by atoms with Gasteiger partial charge in [0.15, 0.2) is 5.96 Å². The second-order valence-corrected chi connectivity index (χ2v) is 8.12. The van der Waals surface area contributed by atoms with Gasteiger partial charge in [-0.2, -0.15) is 0 Å². The van der Waals surface area contributed by atoms with Crippen LogP contribution in [0.15, 0.2) is 29.3 Å². The average Bonchev–Trinajstić information content (AvgIpc) is 3.35. The summed E-state index contributed by atoms with van der Waals surface area (Å²) in [7, 11) is 0. The second-order valence-electron chi connectivity index (χ2n) is 8.12. The van der Waals surface area contributed by atoms with Crippen molar-refractivity contribution in [2.45, 2.75) is 52.6 Å². The van der Waals surface area contributed by atoms with Crippen LogP contribution in [0.25, 0.3) is 0 Å². The van der Waals surface area contributed by atoms with Crippen molar-refractivity contribution in [2.75, 3.05) is 32.8 Å². The van der Waals surface area contributed by atoms with Gasteiger partial charge < -0.3 is 20.3 Å². The first-order chi connectivity index (χ1) is 13.5. The van der Waals surface area contributed by atoms with Crippen molar-refractivity contribution in [2.24, 2.45) is 10.4 Å². The lowest BCUT2D eigenvalue weighted by Gasteiger charge is -2.25. The first-order valence-electron chi connectivity index (χ1n) is 10.6. The third-order valence-electron chi connectivity index (χ3n) is 5.88. The fraction of sp³-hybridized carbons (Fsp3) is 0.636. The molecule has 2 atom stereocenters. The third kappa shape index (κ3) is 6.31. The van der Waals surface area contributed by atoms with E-state index in [1.807, 2.05) is 31.2 Å². The molecule has 1 aromatic rings. The van der Waals surface area contributed by atoms with Gasteiger partial charge in [0, 0.05) is 43.3 Å². The number of amides is 1. The molecule has 2 aliphatic rings. The van der Waals surface area contributed by atoms with Gasteiger partial charge in [-0.3, -0.25) is 4.79 Å². The van der Waals surface area contributed by atoms with E-state index in [4.69, 9.17) is 9.73 Å². The lowest BCUT2D eigenvalue weighted by atomic mass is 9.87. The number of carbonyl (C=O) groups excluding carboxylic acids is 1. The Morgan fingerprint density at radius 3 is 2.66 bits per heavy atom. The van der Waals surface area contributed by atoms with E-state index >= 15 is 0 Å². The number of likely N-dealkylation sites (tertiary alicyclic amines) is 1. The molecular weight excluding hydrogens is 479 g/mol. The quantitative estimate of drug-likeness (QED) is 0.347. The molecule has 2 saturated heterocycles. The van der Waals surface area contributed by atoms with Crippen molar-refractivity contribution < 1.29 is 9.53 Å². The number of hydrogen-bond acceptors (Lipinski definition) is 3. The largest absolute Gasteiger partial charge is 0.381 e. The van der Waals surface area contributed by atoms with Crippen molar-refractivity contribution >= 4 is 35.8 Å². The Kier molecular flexibility index (Phi) is 9.20. The fourth-order valence-electron chi connectivity index (χ4n) is 3.85. The number of nitrogens with zero attached hydrogens (tertiary/aromatic N) is 2. The molecule has 2 unspecified atom stereocenters. The molecule has 2 aliphatic heterocycles. The van der Waals surface area contributed by atoms with E-state index in [9.17, 15) is 4.79 Å². The Bertz CT molecular complexity index is 687. The van der Waals surface area contributed by atoms with Crippen molar-refractivity contribution in [1.29, 1.82) is 0 Å². The Morgan fingerprint density at radius 1 is 1.28 bits per heavy atom. The van der Waals surface area contributed by atoms with Crippen LogP contribution in [0.5, 0.6) is 0 Å². The highest BCUT2D eigenvalue weighted by Crippen LogP contribution is 2.38. The minimum Gasteiger partial charge on any atom is -0.381 e. The molecule has 6 nitrogen and oxygen atoms in total. The van der Waals surface area contributed by atoms with Crippen molar-refractivity contribution in [3.8, 4) is 0 Å². The fourth-order valence-corrected chi connectivity index (χ4v) is 3.85. The summed E-state index contributed by atoms with van der Waals surface area (Å²) < 4.78 is 5.64. The van der Waals surface area contributed by atoms with Gasteiger partial charge in [-0.15, -0.1) is 24.0 Å². The molecule has 29 heavy (non-hydrogen) atoms. The summed E-state index contributed by atoms with van der Waals surface area (Å²) in [6.07, 6.45) is 3.26. The maximum atomic E-state index is 12.2. The Morgan fingerprint density at radius 2 is 2.03 bits per heavy atom. The number of rotatable bonds is 6. The SMILES string of the molecule is CCNC(=NCc1ccc(C(=O)NC(C)CC)cc1)N1CCC2(CCOC2)C1.I. The molecule has 3 rings (SSSR count). The number of aliphatic imine (C=N–C) groups is 1. The highest BCUT2D eigenvalue weighted by Gasteiger charge is 2.42. The maximum absolute atomic E-state index is 12.2. The van der Waals surface area contributed by atoms with Crippen LogP contribution < -0.4 is 10.6 Å². The highest BCUT2D eigenvalue weighted by atomic mass is 127. The molecule has 162 valence electrons. The van der Waals surface area contributed by atoms with Crippen molar-refractivity contribution in [3.05, 3.63) is 35.4 Å². The zero-order chi connectivity index (χ0) is 20.0. The van der Waals surface area contributed by atoms with Crippen molar-refractivity contribution in [3.63, 3.8) is 0 Å². The summed E-state index contributed by atoms with van der Waals surface area (Å²) in [5.74, 6) is 0.962. The lowest BCUT2D eigenvalue weighted by molar-refractivity contribution is 0.0939. The molecule has 1 aromatic carbocycles. The Balaban J connectivity index is 0.00000300. The first kappa shape index (κ1) is 23.9. The van der Waals surface area contributed by atoms with Gasteiger partial charge in [0.05, 0.1) is 13.2 Å². The normalized spacial score (nSPS) is 22.4. The summed E-state index contributed by atoms with van der Waals surface area (Å²) in [4.78, 5) is 19.4. The van der Waals surface area contributed by atoms with E-state index in [1.165, 1.54) is 6.42 Å². The van der Waals surface area contributed by atoms with Gasteiger partial charge >= 0.3 is 0 Å². The molecule has 0 saturated carbocycles. The summed E-state index contributed by atoms with van der Waals surface area (Å²) in [6, 6.07) is 7.95. The summed E-state index contributed by atoms with van der Waals surface area (Å²) in [5, 5.41) is 6.43. The summed E-state index contributed by atoms with van der Waals surface area (Å²) in [5.41, 5.74) is 2.12. The maximum Gasteiger partial charge on any atom is 0.251 e. The van der Waals surface area contributed by atoms with Crippen LogP contribution in [-0.2, 0) is 11.3 Å². The monoisotopic (exact) mass is 514 g/mol. The number of benzene rings is 1. The molecule has 0 bridgehead atoms. The molecule has 2 heterocycles. The molecule has 0 aliphatic carbocycles. The summed E-state index contributed by atoms with van der Waals surface area (Å²) in [6.45, 7) is 11.5. The van der Waals surface area contributed by atoms with Gasteiger partial charge in [-0.25, -0.2) is 4.99 Å². The number of nitrogens with one attached hydrogen (secondary N) is 2. The van der Waals surface area contributed by atoms with Crippen LogP contribution in [-0.4, -0.2) is 55.7 Å². The molecule has 0 aromatic heterocycles. The van der Waals surface area contributed by atoms with Crippen LogP contribution in [0.3, 0.4) is 0 Å². The summed E-state index contributed by atoms with van der Waals surface area (Å²) >= 11 is 0. The topological polar surface area (TPSA) is 66.0 Å². The number of halogens is 1. The number of hydrogen-bond donors (Lipinski definition) is 2. The third-order valence-corrected chi connectivity index (χ3v) is 5.88. The van der Waals surface area contributed by atoms with Gasteiger partial charge in [0.25, 0.3) is 5.91 Å². The van der Waals surface area contributed by atoms with Crippen LogP contribution in [0, 0.1) is 5.41 Å². The number of guanidine groups is 1. The minimum atomic E-state index is -0.0149. The number of carbonyl (C=O) groups is 1. The predicted octanol–water partition coefficient (Wildman–Crippen LogP) is 3.41. The van der Waals surface area contributed by atoms with E-state index in [0.717, 1.165) is 57.2 Å². The zero-order valence-electron chi connectivity index (χ0n) is 17.9. The van der Waals surface area contributed by atoms with Crippen LogP contribution >= 0.6 is 24.0 Å². The van der Waals surface area contributed by atoms with E-state index in [2.05, 4.69) is 29.4 Å². The average molecular weight is 514 g/mol. The predicted molar refractivity (Wildman–Crippen MR) is 128 cm³/mol. The molecule has 1 spiro atoms.